The maximum absolute atomic E-state index is 4.69. The molecule has 0 heterocycles. The molecule has 0 spiro atoms. The fourth-order valence-corrected chi connectivity index (χ4v) is 1.96. The van der Waals surface area contributed by atoms with E-state index in [1.165, 1.54) is 19.3 Å². The van der Waals surface area contributed by atoms with E-state index >= 15 is 0 Å². The molecule has 0 aromatic heterocycles. The van der Waals surface area contributed by atoms with Crippen LogP contribution < -0.4 is 5.32 Å². The number of aliphatic imine (C=N–C) groups is 1. The Morgan fingerprint density at radius 2 is 1.81 bits per heavy atom. The Bertz CT molecular complexity index is 267. The first-order valence-electron chi connectivity index (χ1n) is 7.86. The lowest BCUT2D eigenvalue weighted by Crippen LogP contribution is -2.39. The number of nitrogens with zero attached hydrogens (tertiary/aromatic N) is 3. The number of guanidine groups is 1. The van der Waals surface area contributed by atoms with Crippen molar-refractivity contribution in [1.82, 2.24) is 15.1 Å². The van der Waals surface area contributed by atoms with E-state index in [2.05, 4.69) is 54.8 Å². The normalized spacial score (nSPS) is 11.2. The molecule has 5 heteroatoms. The van der Waals surface area contributed by atoms with E-state index in [1.54, 1.807) is 0 Å². The predicted molar refractivity (Wildman–Crippen MR) is 106 cm³/mol. The highest BCUT2D eigenvalue weighted by Crippen LogP contribution is 2.01. The van der Waals surface area contributed by atoms with Gasteiger partial charge in [0, 0.05) is 26.7 Å². The van der Waals surface area contributed by atoms with E-state index in [4.69, 9.17) is 0 Å². The van der Waals surface area contributed by atoms with Gasteiger partial charge in [-0.05, 0) is 53.2 Å². The summed E-state index contributed by atoms with van der Waals surface area (Å²) < 4.78 is 0. The van der Waals surface area contributed by atoms with Gasteiger partial charge < -0.3 is 15.1 Å². The Kier molecular flexibility index (Phi) is 17.6. The van der Waals surface area contributed by atoms with Gasteiger partial charge in [0.1, 0.15) is 0 Å². The molecule has 0 atom stereocenters. The van der Waals surface area contributed by atoms with Crippen LogP contribution in [0.1, 0.15) is 39.0 Å². The smallest absolute Gasteiger partial charge is 0.193 e. The summed E-state index contributed by atoms with van der Waals surface area (Å²) >= 11 is 0. The van der Waals surface area contributed by atoms with Crippen molar-refractivity contribution in [3.63, 3.8) is 0 Å². The molecule has 126 valence electrons. The van der Waals surface area contributed by atoms with Crippen LogP contribution in [-0.4, -0.2) is 63.1 Å². The van der Waals surface area contributed by atoms with E-state index in [-0.39, 0.29) is 24.0 Å². The van der Waals surface area contributed by atoms with Gasteiger partial charge in [0.2, 0.25) is 0 Å². The highest BCUT2D eigenvalue weighted by atomic mass is 127. The van der Waals surface area contributed by atoms with Crippen molar-refractivity contribution in [3.8, 4) is 0 Å². The second-order valence-corrected chi connectivity index (χ2v) is 5.45. The van der Waals surface area contributed by atoms with Gasteiger partial charge in [-0.3, -0.25) is 4.99 Å². The fourth-order valence-electron chi connectivity index (χ4n) is 1.96. The minimum absolute atomic E-state index is 0. The van der Waals surface area contributed by atoms with Crippen LogP contribution in [0.4, 0.5) is 0 Å². The number of rotatable bonds is 11. The van der Waals surface area contributed by atoms with Gasteiger partial charge >= 0.3 is 0 Å². The Labute approximate surface area is 149 Å². The number of hydrogen-bond acceptors (Lipinski definition) is 2. The van der Waals surface area contributed by atoms with Gasteiger partial charge in [0.15, 0.2) is 5.96 Å². The molecule has 0 bridgehead atoms. The molecule has 0 radical (unpaired) electrons. The second-order valence-electron chi connectivity index (χ2n) is 5.45. The molecule has 0 saturated heterocycles. The third-order valence-electron chi connectivity index (χ3n) is 3.12. The third kappa shape index (κ3) is 14.4. The Morgan fingerprint density at radius 1 is 1.10 bits per heavy atom. The maximum Gasteiger partial charge on any atom is 0.193 e. The molecule has 0 aromatic rings. The average molecular weight is 410 g/mol. The van der Waals surface area contributed by atoms with Crippen LogP contribution >= 0.6 is 24.0 Å². The highest BCUT2D eigenvalue weighted by Gasteiger charge is 2.04. The van der Waals surface area contributed by atoms with Crippen molar-refractivity contribution in [1.29, 1.82) is 0 Å². The topological polar surface area (TPSA) is 30.9 Å². The van der Waals surface area contributed by atoms with Gasteiger partial charge in [-0.2, -0.15) is 0 Å². The maximum atomic E-state index is 4.69. The first kappa shape index (κ1) is 23.0. The van der Waals surface area contributed by atoms with Crippen LogP contribution in [0.5, 0.6) is 0 Å². The Hall–Kier alpha value is -0.300. The zero-order chi connectivity index (χ0) is 15.2. The first-order chi connectivity index (χ1) is 9.61. The second kappa shape index (κ2) is 16.1. The SMILES string of the molecule is C=CCCCCCN(C)C(=NCCCN(C)C)NCC.I. The molecule has 0 aliphatic heterocycles. The molecule has 0 aliphatic carbocycles. The van der Waals surface area contributed by atoms with Gasteiger partial charge in [0.05, 0.1) is 0 Å². The van der Waals surface area contributed by atoms with E-state index in [1.807, 2.05) is 6.08 Å². The third-order valence-corrected chi connectivity index (χ3v) is 3.12. The molecule has 0 aromatic carbocycles. The minimum Gasteiger partial charge on any atom is -0.357 e. The Morgan fingerprint density at radius 3 is 2.38 bits per heavy atom. The summed E-state index contributed by atoms with van der Waals surface area (Å²) in [4.78, 5) is 9.13. The van der Waals surface area contributed by atoms with Crippen molar-refractivity contribution < 1.29 is 0 Å². The quantitative estimate of drug-likeness (QED) is 0.187. The van der Waals surface area contributed by atoms with Crippen molar-refractivity contribution in [2.45, 2.75) is 39.0 Å². The van der Waals surface area contributed by atoms with E-state index in [0.29, 0.717) is 0 Å². The van der Waals surface area contributed by atoms with Crippen LogP contribution in [0, 0.1) is 0 Å². The first-order valence-corrected chi connectivity index (χ1v) is 7.86. The molecule has 0 rings (SSSR count). The van der Waals surface area contributed by atoms with Crippen LogP contribution in [0.2, 0.25) is 0 Å². The summed E-state index contributed by atoms with van der Waals surface area (Å²) in [6.45, 7) is 9.85. The number of unbranched alkanes of at least 4 members (excludes halogenated alkanes) is 3. The molecule has 0 fully saturated rings. The average Bonchev–Trinajstić information content (AvgIpc) is 2.41. The minimum atomic E-state index is 0. The van der Waals surface area contributed by atoms with Crippen LogP contribution in [0.15, 0.2) is 17.6 Å². The van der Waals surface area contributed by atoms with Crippen molar-refractivity contribution in [3.05, 3.63) is 12.7 Å². The number of nitrogens with one attached hydrogen (secondary N) is 1. The molecule has 0 saturated carbocycles. The highest BCUT2D eigenvalue weighted by molar-refractivity contribution is 14.0. The van der Waals surface area contributed by atoms with E-state index in [9.17, 15) is 0 Å². The van der Waals surface area contributed by atoms with Gasteiger partial charge in [-0.25, -0.2) is 0 Å². The predicted octanol–water partition coefficient (Wildman–Crippen LogP) is 3.20. The van der Waals surface area contributed by atoms with Gasteiger partial charge in [0.25, 0.3) is 0 Å². The summed E-state index contributed by atoms with van der Waals surface area (Å²) in [6.07, 6.45) is 7.95. The summed E-state index contributed by atoms with van der Waals surface area (Å²) in [5, 5.41) is 3.37. The number of hydrogen-bond donors (Lipinski definition) is 1. The zero-order valence-electron chi connectivity index (χ0n) is 14.4. The van der Waals surface area contributed by atoms with Crippen LogP contribution in [-0.2, 0) is 0 Å². The van der Waals surface area contributed by atoms with E-state index < -0.39 is 0 Å². The largest absolute Gasteiger partial charge is 0.357 e. The lowest BCUT2D eigenvalue weighted by molar-refractivity contribution is 0.401. The molecular formula is C16H35IN4. The molecule has 0 aliphatic rings. The Balaban J connectivity index is 0. The van der Waals surface area contributed by atoms with Crippen molar-refractivity contribution in [2.75, 3.05) is 47.3 Å². The number of allylic oxidation sites excluding steroid dienone is 1. The molecular weight excluding hydrogens is 375 g/mol. The molecule has 21 heavy (non-hydrogen) atoms. The van der Waals surface area contributed by atoms with Crippen molar-refractivity contribution >= 4 is 29.9 Å². The number of halogens is 1. The lowest BCUT2D eigenvalue weighted by Gasteiger charge is -2.22. The van der Waals surface area contributed by atoms with Crippen molar-refractivity contribution in [2.24, 2.45) is 4.99 Å². The molecule has 0 amide bonds. The van der Waals surface area contributed by atoms with Gasteiger partial charge in [-0.1, -0.05) is 12.5 Å². The summed E-state index contributed by atoms with van der Waals surface area (Å²) in [5.41, 5.74) is 0. The van der Waals surface area contributed by atoms with Gasteiger partial charge in [-0.15, -0.1) is 30.6 Å². The summed E-state index contributed by atoms with van der Waals surface area (Å²) in [7, 11) is 6.33. The summed E-state index contributed by atoms with van der Waals surface area (Å²) in [6, 6.07) is 0. The zero-order valence-corrected chi connectivity index (χ0v) is 16.7. The monoisotopic (exact) mass is 410 g/mol. The van der Waals surface area contributed by atoms with Crippen LogP contribution in [0.25, 0.3) is 0 Å². The molecule has 0 unspecified atom stereocenters. The van der Waals surface area contributed by atoms with Crippen LogP contribution in [0.3, 0.4) is 0 Å². The standard InChI is InChI=1S/C16H34N4.HI/c1-6-8-9-10-11-15-20(5)16(17-7-2)18-13-12-14-19(3)4;/h6H,1,7-15H2,2-5H3,(H,17,18);1H. The lowest BCUT2D eigenvalue weighted by atomic mass is 10.2. The molecule has 4 nitrogen and oxygen atoms in total. The fraction of sp³-hybridized carbons (Fsp3) is 0.812. The molecule has 1 N–H and O–H groups in total. The summed E-state index contributed by atoms with van der Waals surface area (Å²) in [5.74, 6) is 1.04. The van der Waals surface area contributed by atoms with E-state index in [0.717, 1.165) is 45.0 Å².